The van der Waals surface area contributed by atoms with Crippen LogP contribution in [0.1, 0.15) is 56.4 Å². The molecule has 1 aromatic carbocycles. The second-order valence-corrected chi connectivity index (χ2v) is 9.30. The zero-order valence-electron chi connectivity index (χ0n) is 18.0. The Labute approximate surface area is 178 Å². The van der Waals surface area contributed by atoms with Gasteiger partial charge in [0.25, 0.3) is 0 Å². The molecule has 1 fully saturated rings. The Morgan fingerprint density at radius 2 is 1.97 bits per heavy atom. The Balaban J connectivity index is 1.44. The number of fused-ring (bicyclic) bond motifs is 1. The predicted molar refractivity (Wildman–Crippen MR) is 118 cm³/mol. The lowest BCUT2D eigenvalue weighted by atomic mass is 9.82. The summed E-state index contributed by atoms with van der Waals surface area (Å²) in [5.41, 5.74) is 9.42. The van der Waals surface area contributed by atoms with Gasteiger partial charge in [0.2, 0.25) is 5.95 Å². The van der Waals surface area contributed by atoms with Crippen LogP contribution in [-0.4, -0.2) is 40.8 Å². The molecule has 2 aliphatic rings. The smallest absolute Gasteiger partial charge is 0.407 e. The van der Waals surface area contributed by atoms with Crippen LogP contribution in [0.4, 0.5) is 16.6 Å². The van der Waals surface area contributed by atoms with Crippen molar-refractivity contribution in [3.8, 4) is 0 Å². The van der Waals surface area contributed by atoms with Crippen molar-refractivity contribution in [2.75, 3.05) is 23.7 Å². The van der Waals surface area contributed by atoms with Gasteiger partial charge in [-0.2, -0.15) is 4.98 Å². The number of alkyl carbamates (subject to hydrolysis) is 1. The molecule has 0 spiro atoms. The summed E-state index contributed by atoms with van der Waals surface area (Å²) in [5.74, 6) is 1.50. The van der Waals surface area contributed by atoms with Gasteiger partial charge in [-0.05, 0) is 57.6 Å². The lowest BCUT2D eigenvalue weighted by molar-refractivity contribution is 0.0509. The quantitative estimate of drug-likeness (QED) is 0.807. The maximum absolute atomic E-state index is 12.1. The molecule has 0 bridgehead atoms. The maximum atomic E-state index is 12.1. The number of amides is 1. The van der Waals surface area contributed by atoms with E-state index in [2.05, 4.69) is 50.5 Å². The van der Waals surface area contributed by atoms with Crippen LogP contribution in [0.2, 0.25) is 0 Å². The van der Waals surface area contributed by atoms with Crippen LogP contribution in [0.25, 0.3) is 0 Å². The molecule has 7 heteroatoms. The van der Waals surface area contributed by atoms with Gasteiger partial charge in [-0.1, -0.05) is 24.3 Å². The number of nitrogen functional groups attached to an aromatic ring is 1. The summed E-state index contributed by atoms with van der Waals surface area (Å²) in [7, 11) is 0. The van der Waals surface area contributed by atoms with Crippen molar-refractivity contribution in [1.82, 2.24) is 15.3 Å². The van der Waals surface area contributed by atoms with E-state index in [-0.39, 0.29) is 12.1 Å². The highest BCUT2D eigenvalue weighted by atomic mass is 16.6. The molecule has 1 aliphatic heterocycles. The molecular weight excluding hydrogens is 378 g/mol. The minimum Gasteiger partial charge on any atom is -0.444 e. The van der Waals surface area contributed by atoms with E-state index in [1.54, 1.807) is 0 Å². The molecule has 1 aromatic heterocycles. The van der Waals surface area contributed by atoms with Gasteiger partial charge in [0.1, 0.15) is 11.4 Å². The van der Waals surface area contributed by atoms with Crippen LogP contribution in [0.3, 0.4) is 0 Å². The van der Waals surface area contributed by atoms with E-state index in [1.807, 2.05) is 20.8 Å². The molecule has 0 radical (unpaired) electrons. The molecule has 2 aromatic rings. The number of carbonyl (C=O) groups excluding carboxylic acids is 1. The lowest BCUT2D eigenvalue weighted by Gasteiger charge is -2.26. The zero-order valence-corrected chi connectivity index (χ0v) is 18.0. The summed E-state index contributed by atoms with van der Waals surface area (Å²) >= 11 is 0. The first-order valence-corrected chi connectivity index (χ1v) is 10.7. The topological polar surface area (TPSA) is 93.4 Å². The van der Waals surface area contributed by atoms with Crippen molar-refractivity contribution in [3.63, 3.8) is 0 Å². The standard InChI is InChI=1S/C23H31N5O2/c1-23(2,3)30-22(29)25-18-10-11-28(14-18)20-13-19(26-21(24)27-20)17-9-8-15-6-4-5-7-16(15)12-17/h4-7,13,17-18H,8-12,14H2,1-3H3,(H,25,29)(H2,24,26,27). The Morgan fingerprint density at radius 1 is 1.20 bits per heavy atom. The van der Waals surface area contributed by atoms with Crippen molar-refractivity contribution in [2.45, 2.75) is 64.0 Å². The number of aromatic nitrogens is 2. The summed E-state index contributed by atoms with van der Waals surface area (Å²) in [6, 6.07) is 10.7. The zero-order chi connectivity index (χ0) is 21.3. The van der Waals surface area contributed by atoms with E-state index in [0.29, 0.717) is 18.4 Å². The van der Waals surface area contributed by atoms with Gasteiger partial charge >= 0.3 is 6.09 Å². The highest BCUT2D eigenvalue weighted by molar-refractivity contribution is 5.68. The highest BCUT2D eigenvalue weighted by Crippen LogP contribution is 2.33. The van der Waals surface area contributed by atoms with Crippen molar-refractivity contribution in [1.29, 1.82) is 0 Å². The SMILES string of the molecule is CC(C)(C)OC(=O)NC1CCN(c2cc(C3CCc4ccccc4C3)nc(N)n2)C1. The molecule has 160 valence electrons. The van der Waals surface area contributed by atoms with E-state index in [9.17, 15) is 4.79 Å². The molecule has 2 atom stereocenters. The first-order valence-electron chi connectivity index (χ1n) is 10.7. The maximum Gasteiger partial charge on any atom is 0.407 e. The number of anilines is 2. The van der Waals surface area contributed by atoms with Crippen LogP contribution >= 0.6 is 0 Å². The normalized spacial score (nSPS) is 21.2. The summed E-state index contributed by atoms with van der Waals surface area (Å²) in [6.07, 6.45) is 3.57. The third-order valence-corrected chi connectivity index (χ3v) is 5.75. The van der Waals surface area contributed by atoms with Crippen LogP contribution in [0, 0.1) is 0 Å². The number of hydrogen-bond acceptors (Lipinski definition) is 6. The summed E-state index contributed by atoms with van der Waals surface area (Å²) < 4.78 is 5.37. The number of aryl methyl sites for hydroxylation is 1. The molecule has 2 heterocycles. The highest BCUT2D eigenvalue weighted by Gasteiger charge is 2.28. The minimum atomic E-state index is -0.503. The van der Waals surface area contributed by atoms with E-state index in [4.69, 9.17) is 10.5 Å². The van der Waals surface area contributed by atoms with Gasteiger partial charge in [-0.3, -0.25) is 0 Å². The number of nitrogens with one attached hydrogen (secondary N) is 1. The first kappa shape index (κ1) is 20.4. The minimum absolute atomic E-state index is 0.0287. The number of rotatable bonds is 3. The van der Waals surface area contributed by atoms with Gasteiger partial charge in [-0.25, -0.2) is 9.78 Å². The molecule has 0 saturated carbocycles. The second kappa shape index (κ2) is 8.13. The summed E-state index contributed by atoms with van der Waals surface area (Å²) in [4.78, 5) is 23.3. The summed E-state index contributed by atoms with van der Waals surface area (Å²) in [5, 5.41) is 2.96. The predicted octanol–water partition coefficient (Wildman–Crippen LogP) is 3.43. The molecule has 7 nitrogen and oxygen atoms in total. The Kier molecular flexibility index (Phi) is 5.54. The summed E-state index contributed by atoms with van der Waals surface area (Å²) in [6.45, 7) is 7.08. The van der Waals surface area contributed by atoms with Crippen LogP contribution < -0.4 is 16.0 Å². The van der Waals surface area contributed by atoms with E-state index in [0.717, 1.165) is 43.7 Å². The van der Waals surface area contributed by atoms with E-state index in [1.165, 1.54) is 11.1 Å². The Bertz CT molecular complexity index is 924. The molecule has 4 rings (SSSR count). The molecule has 1 aliphatic carbocycles. The van der Waals surface area contributed by atoms with E-state index >= 15 is 0 Å². The fourth-order valence-electron chi connectivity index (χ4n) is 4.35. The van der Waals surface area contributed by atoms with Gasteiger partial charge in [-0.15, -0.1) is 0 Å². The fraction of sp³-hybridized carbons (Fsp3) is 0.522. The first-order chi connectivity index (χ1) is 14.3. The monoisotopic (exact) mass is 409 g/mol. The number of nitrogens with two attached hydrogens (primary N) is 1. The van der Waals surface area contributed by atoms with Crippen LogP contribution in [-0.2, 0) is 17.6 Å². The second-order valence-electron chi connectivity index (χ2n) is 9.30. The molecule has 2 unspecified atom stereocenters. The molecular formula is C23H31N5O2. The van der Waals surface area contributed by atoms with Gasteiger partial charge < -0.3 is 20.7 Å². The number of nitrogens with zero attached hydrogens (tertiary/aromatic N) is 3. The van der Waals surface area contributed by atoms with Crippen molar-refractivity contribution >= 4 is 17.9 Å². The Hall–Kier alpha value is -2.83. The van der Waals surface area contributed by atoms with Crippen molar-refractivity contribution in [2.24, 2.45) is 0 Å². The third kappa shape index (κ3) is 4.83. The average molecular weight is 410 g/mol. The van der Waals surface area contributed by atoms with Crippen LogP contribution in [0.5, 0.6) is 0 Å². The van der Waals surface area contributed by atoms with Crippen LogP contribution in [0.15, 0.2) is 30.3 Å². The number of carbonyl (C=O) groups is 1. The van der Waals surface area contributed by atoms with Gasteiger partial charge in [0.15, 0.2) is 0 Å². The molecule has 1 amide bonds. The number of ether oxygens (including phenoxy) is 1. The molecule has 30 heavy (non-hydrogen) atoms. The lowest BCUT2D eigenvalue weighted by Crippen LogP contribution is -2.40. The number of benzene rings is 1. The van der Waals surface area contributed by atoms with Crippen molar-refractivity contribution < 1.29 is 9.53 Å². The largest absolute Gasteiger partial charge is 0.444 e. The average Bonchev–Trinajstić information content (AvgIpc) is 3.14. The fourth-order valence-corrected chi connectivity index (χ4v) is 4.35. The molecule has 1 saturated heterocycles. The van der Waals surface area contributed by atoms with Crippen molar-refractivity contribution in [3.05, 3.63) is 47.2 Å². The van der Waals surface area contributed by atoms with Gasteiger partial charge in [0, 0.05) is 25.1 Å². The molecule has 3 N–H and O–H groups in total. The number of hydrogen-bond donors (Lipinski definition) is 2. The van der Waals surface area contributed by atoms with Gasteiger partial charge in [0.05, 0.1) is 11.7 Å². The van der Waals surface area contributed by atoms with E-state index < -0.39 is 5.60 Å². The Morgan fingerprint density at radius 3 is 2.73 bits per heavy atom. The third-order valence-electron chi connectivity index (χ3n) is 5.75.